The molecule has 0 atom stereocenters. The molecular weight excluding hydrogens is 228 g/mol. The fourth-order valence-electron chi connectivity index (χ4n) is 1.70. The summed E-state index contributed by atoms with van der Waals surface area (Å²) in [5, 5.41) is 36.3. The normalized spacial score (nSPS) is 10.2. The minimum Gasteiger partial charge on any atom is -0.508 e. The molecule has 0 spiro atoms. The molecule has 0 unspecified atom stereocenters. The highest BCUT2D eigenvalue weighted by molar-refractivity contribution is 5.98. The van der Waals surface area contributed by atoms with Crippen molar-refractivity contribution >= 4 is 11.9 Å². The summed E-state index contributed by atoms with van der Waals surface area (Å²) in [4.78, 5) is 21.9. The summed E-state index contributed by atoms with van der Waals surface area (Å²) < 4.78 is 0. The second-order valence-corrected chi connectivity index (χ2v) is 3.51. The molecule has 1 aromatic rings. The Kier molecular flexibility index (Phi) is 3.69. The van der Waals surface area contributed by atoms with Crippen LogP contribution in [0.25, 0.3) is 0 Å². The Morgan fingerprint density at radius 1 is 1.24 bits per heavy atom. The van der Waals surface area contributed by atoms with Crippen molar-refractivity contribution in [3.8, 4) is 5.75 Å². The van der Waals surface area contributed by atoms with Crippen LogP contribution < -0.4 is 0 Å². The number of phenols is 1. The first-order valence-corrected chi connectivity index (χ1v) is 4.83. The van der Waals surface area contributed by atoms with Gasteiger partial charge in [-0.15, -0.1) is 0 Å². The number of hydrogen-bond acceptors (Lipinski definition) is 4. The Hall–Kier alpha value is -2.08. The molecule has 0 aliphatic heterocycles. The smallest absolute Gasteiger partial charge is 0.336 e. The number of phenolic OH excluding ortho intramolecular Hbond substituents is 1. The van der Waals surface area contributed by atoms with Gasteiger partial charge in [0.2, 0.25) is 0 Å². The number of carboxylic acid groups (broad SMARTS) is 2. The molecule has 0 bridgehead atoms. The van der Waals surface area contributed by atoms with Crippen LogP contribution >= 0.6 is 0 Å². The maximum Gasteiger partial charge on any atom is 0.336 e. The minimum absolute atomic E-state index is 0.0440. The van der Waals surface area contributed by atoms with Gasteiger partial charge in [-0.25, -0.2) is 9.59 Å². The van der Waals surface area contributed by atoms with E-state index in [2.05, 4.69) is 0 Å². The topological polar surface area (TPSA) is 115 Å². The summed E-state index contributed by atoms with van der Waals surface area (Å²) >= 11 is 0. The average molecular weight is 240 g/mol. The van der Waals surface area contributed by atoms with Crippen LogP contribution in [0.4, 0.5) is 0 Å². The number of aliphatic hydroxyl groups excluding tert-OH is 1. The first-order chi connectivity index (χ1) is 7.90. The van der Waals surface area contributed by atoms with E-state index in [1.165, 1.54) is 6.92 Å². The molecule has 1 rings (SSSR count). The van der Waals surface area contributed by atoms with Gasteiger partial charge in [0.15, 0.2) is 0 Å². The van der Waals surface area contributed by atoms with E-state index in [1.807, 2.05) is 0 Å². The summed E-state index contributed by atoms with van der Waals surface area (Å²) in [6.07, 6.45) is -0.0474. The zero-order valence-electron chi connectivity index (χ0n) is 9.10. The number of aliphatic hydroxyl groups is 1. The van der Waals surface area contributed by atoms with E-state index >= 15 is 0 Å². The molecule has 92 valence electrons. The van der Waals surface area contributed by atoms with Gasteiger partial charge in [-0.1, -0.05) is 0 Å². The Morgan fingerprint density at radius 3 is 2.24 bits per heavy atom. The molecule has 0 heterocycles. The second kappa shape index (κ2) is 4.84. The number of rotatable bonds is 4. The Balaban J connectivity index is 3.59. The van der Waals surface area contributed by atoms with Crippen LogP contribution in [-0.2, 0) is 6.42 Å². The van der Waals surface area contributed by atoms with Gasteiger partial charge in [0.25, 0.3) is 0 Å². The maximum absolute atomic E-state index is 11.1. The van der Waals surface area contributed by atoms with Crippen molar-refractivity contribution in [1.82, 2.24) is 0 Å². The highest BCUT2D eigenvalue weighted by Crippen LogP contribution is 2.28. The molecule has 0 aliphatic carbocycles. The van der Waals surface area contributed by atoms with E-state index in [0.29, 0.717) is 0 Å². The molecule has 0 aromatic heterocycles. The third kappa shape index (κ3) is 2.36. The largest absolute Gasteiger partial charge is 0.508 e. The zero-order valence-corrected chi connectivity index (χ0v) is 9.10. The van der Waals surface area contributed by atoms with Crippen molar-refractivity contribution in [3.63, 3.8) is 0 Å². The zero-order chi connectivity index (χ0) is 13.2. The number of carboxylic acids is 2. The van der Waals surface area contributed by atoms with Crippen LogP contribution in [0.3, 0.4) is 0 Å². The van der Waals surface area contributed by atoms with E-state index in [1.54, 1.807) is 0 Å². The molecule has 0 aliphatic rings. The predicted molar refractivity (Wildman–Crippen MR) is 57.6 cm³/mol. The third-order valence-electron chi connectivity index (χ3n) is 2.48. The van der Waals surface area contributed by atoms with Crippen molar-refractivity contribution in [2.24, 2.45) is 0 Å². The average Bonchev–Trinajstić information content (AvgIpc) is 2.22. The van der Waals surface area contributed by atoms with Crippen molar-refractivity contribution in [3.05, 3.63) is 28.3 Å². The lowest BCUT2D eigenvalue weighted by Crippen LogP contribution is -2.12. The molecule has 0 saturated heterocycles. The molecule has 6 heteroatoms. The molecule has 0 fully saturated rings. The number of benzene rings is 1. The van der Waals surface area contributed by atoms with Crippen molar-refractivity contribution in [1.29, 1.82) is 0 Å². The van der Waals surface area contributed by atoms with Gasteiger partial charge in [0.05, 0.1) is 11.1 Å². The molecular formula is C11H12O6. The SMILES string of the molecule is Cc1c(C(=O)O)cc(O)c(CCO)c1C(=O)O. The quantitative estimate of drug-likeness (QED) is 0.613. The van der Waals surface area contributed by atoms with Crippen LogP contribution in [0.5, 0.6) is 5.75 Å². The van der Waals surface area contributed by atoms with Crippen LogP contribution in [0.2, 0.25) is 0 Å². The Labute approximate surface area is 96.8 Å². The monoisotopic (exact) mass is 240 g/mol. The fourth-order valence-corrected chi connectivity index (χ4v) is 1.70. The molecule has 0 radical (unpaired) electrons. The summed E-state index contributed by atoms with van der Waals surface area (Å²) in [6.45, 7) is 1.02. The van der Waals surface area contributed by atoms with Crippen LogP contribution in [-0.4, -0.2) is 39.0 Å². The lowest BCUT2D eigenvalue weighted by molar-refractivity contribution is 0.0694. The van der Waals surface area contributed by atoms with E-state index in [9.17, 15) is 14.7 Å². The van der Waals surface area contributed by atoms with E-state index < -0.39 is 17.7 Å². The lowest BCUT2D eigenvalue weighted by atomic mass is 9.94. The molecule has 0 saturated carbocycles. The van der Waals surface area contributed by atoms with Gasteiger partial charge in [0, 0.05) is 18.6 Å². The van der Waals surface area contributed by atoms with Gasteiger partial charge in [-0.2, -0.15) is 0 Å². The van der Waals surface area contributed by atoms with E-state index in [0.717, 1.165) is 6.07 Å². The number of aromatic hydroxyl groups is 1. The first kappa shape index (κ1) is 13.0. The molecule has 0 amide bonds. The summed E-state index contributed by atoms with van der Waals surface area (Å²) in [6, 6.07) is 0.995. The first-order valence-electron chi connectivity index (χ1n) is 4.83. The number of aromatic carboxylic acids is 2. The van der Waals surface area contributed by atoms with Gasteiger partial charge in [-0.3, -0.25) is 0 Å². The lowest BCUT2D eigenvalue weighted by Gasteiger charge is -2.12. The van der Waals surface area contributed by atoms with Gasteiger partial charge < -0.3 is 20.4 Å². The highest BCUT2D eigenvalue weighted by atomic mass is 16.4. The Morgan fingerprint density at radius 2 is 1.82 bits per heavy atom. The summed E-state index contributed by atoms with van der Waals surface area (Å²) in [5.41, 5.74) is -0.424. The summed E-state index contributed by atoms with van der Waals surface area (Å²) in [5.74, 6) is -3.07. The molecule has 6 nitrogen and oxygen atoms in total. The van der Waals surface area contributed by atoms with Crippen LogP contribution in [0.15, 0.2) is 6.07 Å². The van der Waals surface area contributed by atoms with Crippen molar-refractivity contribution in [2.75, 3.05) is 6.61 Å². The predicted octanol–water partition coefficient (Wildman–Crippen LogP) is 0.632. The summed E-state index contributed by atoms with van der Waals surface area (Å²) in [7, 11) is 0. The maximum atomic E-state index is 11.1. The molecule has 4 N–H and O–H groups in total. The van der Waals surface area contributed by atoms with Crippen molar-refractivity contribution in [2.45, 2.75) is 13.3 Å². The van der Waals surface area contributed by atoms with Gasteiger partial charge in [-0.05, 0) is 18.6 Å². The van der Waals surface area contributed by atoms with Crippen molar-refractivity contribution < 1.29 is 30.0 Å². The number of carbonyl (C=O) groups is 2. The van der Waals surface area contributed by atoms with Crippen LogP contribution in [0, 0.1) is 6.92 Å². The second-order valence-electron chi connectivity index (χ2n) is 3.51. The minimum atomic E-state index is -1.33. The van der Waals surface area contributed by atoms with Crippen LogP contribution in [0.1, 0.15) is 31.8 Å². The standard InChI is InChI=1S/C11H12O6/c1-5-7(10(14)15)4-8(13)6(2-3-12)9(5)11(16)17/h4,12-13H,2-3H2,1H3,(H,14,15)(H,16,17). The molecule has 1 aromatic carbocycles. The molecule has 17 heavy (non-hydrogen) atoms. The third-order valence-corrected chi connectivity index (χ3v) is 2.48. The Bertz CT molecular complexity index is 477. The van der Waals surface area contributed by atoms with E-state index in [4.69, 9.17) is 15.3 Å². The fraction of sp³-hybridized carbons (Fsp3) is 0.273. The highest BCUT2D eigenvalue weighted by Gasteiger charge is 2.22. The van der Waals surface area contributed by atoms with Gasteiger partial charge in [0.1, 0.15) is 5.75 Å². The number of hydrogen-bond donors (Lipinski definition) is 4. The van der Waals surface area contributed by atoms with E-state index in [-0.39, 0.29) is 35.3 Å². The van der Waals surface area contributed by atoms with Gasteiger partial charge >= 0.3 is 11.9 Å².